The van der Waals surface area contributed by atoms with Gasteiger partial charge in [-0.05, 0) is 38.0 Å². The fourth-order valence-electron chi connectivity index (χ4n) is 2.63. The number of aryl methyl sites for hydroxylation is 1. The van der Waals surface area contributed by atoms with Crippen LogP contribution in [-0.4, -0.2) is 9.13 Å². The number of hydrogen-bond acceptors (Lipinski definition) is 1. The summed E-state index contributed by atoms with van der Waals surface area (Å²) in [5.41, 5.74) is 4.05. The van der Waals surface area contributed by atoms with Crippen molar-refractivity contribution in [2.24, 2.45) is 7.05 Å². The van der Waals surface area contributed by atoms with Crippen LogP contribution in [0.15, 0.2) is 58.9 Å². The second kappa shape index (κ2) is 7.12. The minimum atomic E-state index is -0.0172. The first kappa shape index (κ1) is 16.1. The highest BCUT2D eigenvalue weighted by Crippen LogP contribution is 2.17. The van der Waals surface area contributed by atoms with Gasteiger partial charge < -0.3 is 0 Å². The zero-order valence-corrected chi connectivity index (χ0v) is 13.8. The van der Waals surface area contributed by atoms with E-state index in [9.17, 15) is 4.79 Å². The van der Waals surface area contributed by atoms with Crippen molar-refractivity contribution < 1.29 is 0 Å². The van der Waals surface area contributed by atoms with Gasteiger partial charge in [-0.25, -0.2) is 4.79 Å². The average molecular weight is 296 g/mol. The lowest BCUT2D eigenvalue weighted by molar-refractivity contribution is 0.855. The molecule has 1 aromatic carbocycles. The molecule has 0 radical (unpaired) electrons. The van der Waals surface area contributed by atoms with Crippen LogP contribution in [-0.2, 0) is 7.05 Å². The number of aromatic nitrogens is 2. The molecule has 3 nitrogen and oxygen atoms in total. The maximum Gasteiger partial charge on any atom is 0.333 e. The Balaban J connectivity index is 2.54. The summed E-state index contributed by atoms with van der Waals surface area (Å²) < 4.78 is 3.46. The van der Waals surface area contributed by atoms with Crippen LogP contribution in [0.25, 0.3) is 16.7 Å². The van der Waals surface area contributed by atoms with E-state index in [2.05, 4.69) is 26.0 Å². The van der Waals surface area contributed by atoms with Gasteiger partial charge in [0.1, 0.15) is 0 Å². The van der Waals surface area contributed by atoms with Gasteiger partial charge in [0.25, 0.3) is 0 Å². The number of nitrogens with zero attached hydrogens (tertiary/aromatic N) is 2. The van der Waals surface area contributed by atoms with Crippen LogP contribution in [0.5, 0.6) is 0 Å². The molecule has 1 aromatic heterocycles. The Morgan fingerprint density at radius 1 is 1.14 bits per heavy atom. The van der Waals surface area contributed by atoms with Gasteiger partial charge in [0, 0.05) is 12.7 Å². The first-order valence-electron chi connectivity index (χ1n) is 7.84. The van der Waals surface area contributed by atoms with E-state index >= 15 is 0 Å². The van der Waals surface area contributed by atoms with Crippen LogP contribution in [0.4, 0.5) is 0 Å². The number of rotatable bonds is 5. The van der Waals surface area contributed by atoms with E-state index in [0.717, 1.165) is 29.6 Å². The van der Waals surface area contributed by atoms with Gasteiger partial charge >= 0.3 is 5.69 Å². The van der Waals surface area contributed by atoms with Gasteiger partial charge in [-0.1, -0.05) is 49.8 Å². The van der Waals surface area contributed by atoms with Crippen molar-refractivity contribution in [1.82, 2.24) is 9.13 Å². The summed E-state index contributed by atoms with van der Waals surface area (Å²) in [6.45, 7) is 6.24. The second-order valence-electron chi connectivity index (χ2n) is 5.25. The summed E-state index contributed by atoms with van der Waals surface area (Å²) in [4.78, 5) is 12.6. The van der Waals surface area contributed by atoms with Crippen molar-refractivity contribution in [2.45, 2.75) is 33.6 Å². The van der Waals surface area contributed by atoms with Crippen LogP contribution < -0.4 is 5.69 Å². The first-order valence-corrected chi connectivity index (χ1v) is 7.84. The molecule has 116 valence electrons. The predicted octanol–water partition coefficient (Wildman–Crippen LogP) is 4.50. The van der Waals surface area contributed by atoms with Crippen LogP contribution >= 0.6 is 0 Å². The number of hydrogen-bond donors (Lipinski definition) is 0. The van der Waals surface area contributed by atoms with E-state index in [0.29, 0.717) is 0 Å². The molecule has 3 heteroatoms. The zero-order valence-electron chi connectivity index (χ0n) is 13.8. The third-order valence-electron chi connectivity index (χ3n) is 3.86. The maximum absolute atomic E-state index is 12.6. The molecule has 0 saturated carbocycles. The molecular weight excluding hydrogens is 272 g/mol. The van der Waals surface area contributed by atoms with Crippen LogP contribution in [0, 0.1) is 0 Å². The van der Waals surface area contributed by atoms with Gasteiger partial charge in [-0.2, -0.15) is 0 Å². The highest BCUT2D eigenvalue weighted by atomic mass is 16.1. The molecule has 0 aliphatic heterocycles. The maximum atomic E-state index is 12.6. The smallest absolute Gasteiger partial charge is 0.295 e. The van der Waals surface area contributed by atoms with Gasteiger partial charge in [0.05, 0.1) is 11.0 Å². The third-order valence-corrected chi connectivity index (χ3v) is 3.86. The number of para-hydroxylation sites is 2. The van der Waals surface area contributed by atoms with E-state index in [1.807, 2.05) is 50.4 Å². The summed E-state index contributed by atoms with van der Waals surface area (Å²) in [6, 6.07) is 7.87. The van der Waals surface area contributed by atoms with Crippen molar-refractivity contribution in [2.75, 3.05) is 0 Å². The molecule has 0 spiro atoms. The molecule has 0 fully saturated rings. The Morgan fingerprint density at radius 3 is 2.41 bits per heavy atom. The highest BCUT2D eigenvalue weighted by molar-refractivity contribution is 5.81. The highest BCUT2D eigenvalue weighted by Gasteiger charge is 2.11. The Bertz CT molecular complexity index is 800. The van der Waals surface area contributed by atoms with E-state index in [1.54, 1.807) is 9.13 Å². The van der Waals surface area contributed by atoms with E-state index in [1.165, 1.54) is 5.57 Å². The first-order chi connectivity index (χ1) is 10.6. The number of allylic oxidation sites excluding steroid dienone is 6. The summed E-state index contributed by atoms with van der Waals surface area (Å²) in [6.07, 6.45) is 10.3. The Kier molecular flexibility index (Phi) is 5.21. The van der Waals surface area contributed by atoms with Crippen molar-refractivity contribution in [3.05, 3.63) is 64.6 Å². The minimum Gasteiger partial charge on any atom is -0.295 e. The lowest BCUT2D eigenvalue weighted by atomic mass is 10.1. The molecule has 2 aromatic rings. The van der Waals surface area contributed by atoms with Gasteiger partial charge in [-0.3, -0.25) is 9.13 Å². The predicted molar refractivity (Wildman–Crippen MR) is 94.9 cm³/mol. The lowest BCUT2D eigenvalue weighted by Gasteiger charge is -2.04. The summed E-state index contributed by atoms with van der Waals surface area (Å²) in [5.74, 6) is 0. The van der Waals surface area contributed by atoms with Crippen LogP contribution in [0.3, 0.4) is 0 Å². The second-order valence-corrected chi connectivity index (χ2v) is 5.25. The monoisotopic (exact) mass is 296 g/mol. The molecular formula is C19H24N2O. The fraction of sp³-hybridized carbons (Fsp3) is 0.316. The molecule has 0 bridgehead atoms. The minimum absolute atomic E-state index is 0.0172. The Hall–Kier alpha value is -2.29. The molecule has 0 N–H and O–H groups in total. The van der Waals surface area contributed by atoms with E-state index in [-0.39, 0.29) is 5.69 Å². The molecule has 0 saturated heterocycles. The number of imidazole rings is 1. The molecule has 22 heavy (non-hydrogen) atoms. The van der Waals surface area contributed by atoms with Gasteiger partial charge in [-0.15, -0.1) is 0 Å². The van der Waals surface area contributed by atoms with Crippen molar-refractivity contribution in [3.63, 3.8) is 0 Å². The fourth-order valence-corrected chi connectivity index (χ4v) is 2.63. The van der Waals surface area contributed by atoms with E-state index in [4.69, 9.17) is 0 Å². The summed E-state index contributed by atoms with van der Waals surface area (Å²) in [7, 11) is 1.81. The molecule has 2 rings (SSSR count). The summed E-state index contributed by atoms with van der Waals surface area (Å²) in [5, 5.41) is 0. The van der Waals surface area contributed by atoms with Gasteiger partial charge in [0.2, 0.25) is 0 Å². The number of fused-ring (bicyclic) bond motifs is 1. The topological polar surface area (TPSA) is 26.9 Å². The molecule has 0 atom stereocenters. The van der Waals surface area contributed by atoms with Crippen molar-refractivity contribution in [3.8, 4) is 0 Å². The zero-order chi connectivity index (χ0) is 16.1. The standard InChI is InChI=1S/C19H24N2O/c1-5-10-15(6-2)13-14-16(7-3)21-18-12-9-8-11-17(18)20(4)19(21)22/h7-14H,5-6H2,1-4H3/b14-13-,15-10-,16-7+. The number of benzene rings is 1. The Labute approximate surface area is 131 Å². The SMILES string of the molecule is C\C=C(/C=C\C(=C/CC)CC)n1c(=O)n(C)c2ccccc21. The quantitative estimate of drug-likeness (QED) is 0.746. The normalized spacial score (nSPS) is 13.5. The van der Waals surface area contributed by atoms with Crippen molar-refractivity contribution in [1.29, 1.82) is 0 Å². The van der Waals surface area contributed by atoms with Crippen LogP contribution in [0.1, 0.15) is 33.6 Å². The molecule has 1 heterocycles. The Morgan fingerprint density at radius 2 is 1.82 bits per heavy atom. The molecule has 0 unspecified atom stereocenters. The van der Waals surface area contributed by atoms with Gasteiger partial charge in [0.15, 0.2) is 0 Å². The largest absolute Gasteiger partial charge is 0.333 e. The molecule has 0 aliphatic carbocycles. The summed E-state index contributed by atoms with van der Waals surface area (Å²) >= 11 is 0. The van der Waals surface area contributed by atoms with E-state index < -0.39 is 0 Å². The molecule has 0 aliphatic rings. The molecule has 0 amide bonds. The van der Waals surface area contributed by atoms with Crippen molar-refractivity contribution >= 4 is 16.7 Å². The lowest BCUT2D eigenvalue weighted by Crippen LogP contribution is -2.21. The van der Waals surface area contributed by atoms with Crippen LogP contribution in [0.2, 0.25) is 0 Å². The average Bonchev–Trinajstić information content (AvgIpc) is 2.80. The third kappa shape index (κ3) is 2.98.